The van der Waals surface area contributed by atoms with Gasteiger partial charge in [-0.05, 0) is 36.6 Å². The van der Waals surface area contributed by atoms with Crippen molar-refractivity contribution >= 4 is 27.3 Å². The number of amides is 1. The first-order valence-corrected chi connectivity index (χ1v) is 10.7. The van der Waals surface area contributed by atoms with Gasteiger partial charge in [0, 0.05) is 31.6 Å². The molecule has 0 unspecified atom stereocenters. The molecule has 156 valence electrons. The average Bonchev–Trinajstić information content (AvgIpc) is 2.64. The van der Waals surface area contributed by atoms with Crippen LogP contribution in [0, 0.1) is 22.9 Å². The van der Waals surface area contributed by atoms with Crippen molar-refractivity contribution in [2.24, 2.45) is 0 Å². The van der Waals surface area contributed by atoms with Crippen LogP contribution in [0.3, 0.4) is 0 Å². The first-order chi connectivity index (χ1) is 13.6. The zero-order valence-electron chi connectivity index (χ0n) is 16.1. The van der Waals surface area contributed by atoms with Gasteiger partial charge in [-0.3, -0.25) is 19.2 Å². The van der Waals surface area contributed by atoms with Crippen LogP contribution in [0.15, 0.2) is 42.5 Å². The molecule has 1 N–H and O–H groups in total. The number of halogens is 1. The number of nitro groups is 1. The molecule has 0 aliphatic carbocycles. The lowest BCUT2D eigenvalue weighted by molar-refractivity contribution is -0.384. The van der Waals surface area contributed by atoms with E-state index in [1.165, 1.54) is 30.3 Å². The maximum Gasteiger partial charge on any atom is 0.271 e. The van der Waals surface area contributed by atoms with Gasteiger partial charge in [-0.25, -0.2) is 12.8 Å². The summed E-state index contributed by atoms with van der Waals surface area (Å²) in [5.74, 6) is -0.643. The van der Waals surface area contributed by atoms with Gasteiger partial charge in [-0.1, -0.05) is 18.2 Å². The first-order valence-electron chi connectivity index (χ1n) is 8.82. The molecular formula is C19H22FN3O5S. The Morgan fingerprint density at radius 2 is 1.86 bits per heavy atom. The first kappa shape index (κ1) is 22.3. The summed E-state index contributed by atoms with van der Waals surface area (Å²) in [5.41, 5.74) is 1.32. The van der Waals surface area contributed by atoms with Crippen LogP contribution >= 0.6 is 0 Å². The number of nitrogens with one attached hydrogen (secondary N) is 1. The van der Waals surface area contributed by atoms with Crippen molar-refractivity contribution in [3.05, 3.63) is 69.5 Å². The molecule has 0 atom stereocenters. The second-order valence-electron chi connectivity index (χ2n) is 6.57. The molecule has 0 aliphatic heterocycles. The average molecular weight is 423 g/mol. The number of nitro benzene ring substituents is 1. The highest BCUT2D eigenvalue weighted by Gasteiger charge is 2.22. The number of hydrogen-bond donors (Lipinski definition) is 1. The third-order valence-electron chi connectivity index (χ3n) is 4.24. The van der Waals surface area contributed by atoms with E-state index >= 15 is 0 Å². The minimum Gasteiger partial charge on any atom is -0.352 e. The molecule has 0 aliphatic rings. The van der Waals surface area contributed by atoms with Gasteiger partial charge >= 0.3 is 0 Å². The molecule has 2 aromatic carbocycles. The Morgan fingerprint density at radius 3 is 2.45 bits per heavy atom. The molecule has 0 saturated carbocycles. The lowest BCUT2D eigenvalue weighted by Gasteiger charge is -2.24. The third kappa shape index (κ3) is 6.53. The Balaban J connectivity index is 1.99. The van der Waals surface area contributed by atoms with Crippen LogP contribution in [0.25, 0.3) is 0 Å². The topological polar surface area (TPSA) is 110 Å². The Bertz CT molecular complexity index is 993. The highest BCUT2D eigenvalue weighted by atomic mass is 32.2. The van der Waals surface area contributed by atoms with Crippen molar-refractivity contribution < 1.29 is 22.5 Å². The maximum absolute atomic E-state index is 12.9. The third-order valence-corrected chi connectivity index (χ3v) is 5.42. The number of aryl methyl sites for hydroxylation is 1. The van der Waals surface area contributed by atoms with Gasteiger partial charge in [-0.2, -0.15) is 0 Å². The summed E-state index contributed by atoms with van der Waals surface area (Å²) < 4.78 is 38.4. The van der Waals surface area contributed by atoms with Crippen molar-refractivity contribution in [3.63, 3.8) is 0 Å². The van der Waals surface area contributed by atoms with E-state index in [9.17, 15) is 27.7 Å². The van der Waals surface area contributed by atoms with Gasteiger partial charge in [0.05, 0.1) is 16.9 Å². The number of benzene rings is 2. The number of carbonyl (C=O) groups excluding carboxylic acids is 1. The van der Waals surface area contributed by atoms with Crippen molar-refractivity contribution in [1.82, 2.24) is 5.32 Å². The van der Waals surface area contributed by atoms with Gasteiger partial charge in [0.2, 0.25) is 15.9 Å². The van der Waals surface area contributed by atoms with E-state index in [0.717, 1.165) is 16.1 Å². The number of non-ortho nitro benzene ring substituents is 1. The van der Waals surface area contributed by atoms with E-state index in [1.54, 1.807) is 19.1 Å². The SMILES string of the molecule is Cc1ccc([N+](=O)[O-])cc1N(CCCC(=O)NCc1ccc(F)cc1)S(C)(=O)=O. The smallest absolute Gasteiger partial charge is 0.271 e. The van der Waals surface area contributed by atoms with Crippen LogP contribution in [0.4, 0.5) is 15.8 Å². The molecule has 0 radical (unpaired) electrons. The zero-order chi connectivity index (χ0) is 21.6. The molecule has 0 bridgehead atoms. The number of hydrogen-bond acceptors (Lipinski definition) is 5. The normalized spacial score (nSPS) is 11.1. The van der Waals surface area contributed by atoms with Gasteiger partial charge in [0.15, 0.2) is 0 Å². The summed E-state index contributed by atoms with van der Waals surface area (Å²) in [5, 5.41) is 13.7. The van der Waals surface area contributed by atoms with Gasteiger partial charge in [0.1, 0.15) is 5.82 Å². The lowest BCUT2D eigenvalue weighted by Crippen LogP contribution is -2.32. The summed E-state index contributed by atoms with van der Waals surface area (Å²) in [7, 11) is -3.70. The fourth-order valence-corrected chi connectivity index (χ4v) is 3.73. The molecule has 0 heterocycles. The molecule has 0 aromatic heterocycles. The van der Waals surface area contributed by atoms with Gasteiger partial charge in [-0.15, -0.1) is 0 Å². The van der Waals surface area contributed by atoms with Crippen LogP contribution in [0.5, 0.6) is 0 Å². The molecule has 0 saturated heterocycles. The summed E-state index contributed by atoms with van der Waals surface area (Å²) in [4.78, 5) is 22.4. The van der Waals surface area contributed by atoms with Crippen LogP contribution in [0.1, 0.15) is 24.0 Å². The minimum absolute atomic E-state index is 0.00477. The standard InChI is InChI=1S/C19H22FN3O5S/c1-14-5-10-17(23(25)26)12-18(14)22(29(2,27)28)11-3-4-19(24)21-13-15-6-8-16(20)9-7-15/h5-10,12H,3-4,11,13H2,1-2H3,(H,21,24). The molecule has 2 aromatic rings. The molecule has 29 heavy (non-hydrogen) atoms. The lowest BCUT2D eigenvalue weighted by atomic mass is 10.1. The van der Waals surface area contributed by atoms with E-state index in [0.29, 0.717) is 5.56 Å². The molecular weight excluding hydrogens is 401 g/mol. The maximum atomic E-state index is 12.9. The van der Waals surface area contributed by atoms with Crippen LogP contribution in [0.2, 0.25) is 0 Å². The van der Waals surface area contributed by atoms with Gasteiger partial charge in [0.25, 0.3) is 5.69 Å². The van der Waals surface area contributed by atoms with Gasteiger partial charge < -0.3 is 5.32 Å². The van der Waals surface area contributed by atoms with E-state index < -0.39 is 14.9 Å². The Hall–Kier alpha value is -3.01. The summed E-state index contributed by atoms with van der Waals surface area (Å²) >= 11 is 0. The fraction of sp³-hybridized carbons (Fsp3) is 0.316. The summed E-state index contributed by atoms with van der Waals surface area (Å²) in [6, 6.07) is 9.73. The molecule has 0 spiro atoms. The molecule has 1 amide bonds. The largest absolute Gasteiger partial charge is 0.352 e. The Kier molecular flexibility index (Phi) is 7.27. The quantitative estimate of drug-likeness (QED) is 0.493. The summed E-state index contributed by atoms with van der Waals surface area (Å²) in [6.45, 7) is 1.90. The van der Waals surface area contributed by atoms with Crippen LogP contribution in [-0.2, 0) is 21.4 Å². The van der Waals surface area contributed by atoms with E-state index in [1.807, 2.05) is 0 Å². The van der Waals surface area contributed by atoms with Crippen molar-refractivity contribution in [3.8, 4) is 0 Å². The van der Waals surface area contributed by atoms with Crippen LogP contribution in [-0.4, -0.2) is 32.0 Å². The molecule has 10 heteroatoms. The zero-order valence-corrected chi connectivity index (χ0v) is 16.9. The van der Waals surface area contributed by atoms with Crippen molar-refractivity contribution in [2.75, 3.05) is 17.1 Å². The molecule has 2 rings (SSSR count). The van der Waals surface area contributed by atoms with Crippen molar-refractivity contribution in [1.29, 1.82) is 0 Å². The minimum atomic E-state index is -3.70. The molecule has 0 fully saturated rings. The predicted octanol–water partition coefficient (Wildman–Crippen LogP) is 2.90. The van der Waals surface area contributed by atoms with E-state index in [2.05, 4.69) is 5.32 Å². The van der Waals surface area contributed by atoms with Crippen molar-refractivity contribution in [2.45, 2.75) is 26.3 Å². The number of nitrogens with zero attached hydrogens (tertiary/aromatic N) is 2. The fourth-order valence-electron chi connectivity index (χ4n) is 2.72. The van der Waals surface area contributed by atoms with Crippen LogP contribution < -0.4 is 9.62 Å². The van der Waals surface area contributed by atoms with E-state index in [4.69, 9.17) is 0 Å². The number of rotatable bonds is 9. The predicted molar refractivity (Wildman–Crippen MR) is 108 cm³/mol. The second-order valence-corrected chi connectivity index (χ2v) is 8.48. The Labute approximate surface area is 168 Å². The highest BCUT2D eigenvalue weighted by molar-refractivity contribution is 7.92. The number of carbonyl (C=O) groups is 1. The number of anilines is 1. The van der Waals surface area contributed by atoms with E-state index in [-0.39, 0.29) is 49.0 Å². The monoisotopic (exact) mass is 423 g/mol. The second kappa shape index (κ2) is 9.46. The number of sulfonamides is 1. The summed E-state index contributed by atoms with van der Waals surface area (Å²) in [6.07, 6.45) is 1.31. The Morgan fingerprint density at radius 1 is 1.21 bits per heavy atom. The molecule has 8 nitrogen and oxygen atoms in total. The highest BCUT2D eigenvalue weighted by Crippen LogP contribution is 2.27.